The van der Waals surface area contributed by atoms with Gasteiger partial charge in [0.05, 0.1) is 11.3 Å². The molecule has 1 aromatic rings. The van der Waals surface area contributed by atoms with Crippen molar-refractivity contribution in [2.75, 3.05) is 6.54 Å². The predicted molar refractivity (Wildman–Crippen MR) is 85.8 cm³/mol. The van der Waals surface area contributed by atoms with Crippen LogP contribution in [0.2, 0.25) is 0 Å². The van der Waals surface area contributed by atoms with E-state index in [0.717, 1.165) is 12.0 Å². The third kappa shape index (κ3) is 2.87. The first-order valence-electron chi connectivity index (χ1n) is 7.92. The van der Waals surface area contributed by atoms with E-state index in [1.807, 2.05) is 32.9 Å². The number of nitrogens with zero attached hydrogens (tertiary/aromatic N) is 1. The van der Waals surface area contributed by atoms with Crippen LogP contribution in [0.5, 0.6) is 0 Å². The van der Waals surface area contributed by atoms with Crippen LogP contribution < -0.4 is 0 Å². The van der Waals surface area contributed by atoms with E-state index in [-0.39, 0.29) is 11.9 Å². The quantitative estimate of drug-likeness (QED) is 0.930. The second-order valence-corrected chi connectivity index (χ2v) is 6.65. The molecule has 4 heteroatoms. The number of carboxylic acid groups (broad SMARTS) is 1. The fourth-order valence-electron chi connectivity index (χ4n) is 3.20. The predicted octanol–water partition coefficient (Wildman–Crippen LogP) is 2.85. The molecule has 0 aliphatic carbocycles. The van der Waals surface area contributed by atoms with Gasteiger partial charge in [-0.15, -0.1) is 0 Å². The molecule has 1 amide bonds. The molecule has 1 N–H and O–H groups in total. The van der Waals surface area contributed by atoms with Gasteiger partial charge < -0.3 is 10.0 Å². The summed E-state index contributed by atoms with van der Waals surface area (Å²) in [4.78, 5) is 25.9. The van der Waals surface area contributed by atoms with Crippen molar-refractivity contribution in [3.8, 4) is 0 Å². The summed E-state index contributed by atoms with van der Waals surface area (Å²) in [5.74, 6) is -1.26. The smallest absolute Gasteiger partial charge is 0.308 e. The monoisotopic (exact) mass is 303 g/mol. The first-order valence-corrected chi connectivity index (χ1v) is 7.92. The van der Waals surface area contributed by atoms with Gasteiger partial charge in [-0.25, -0.2) is 0 Å². The summed E-state index contributed by atoms with van der Waals surface area (Å²) in [5, 5.41) is 9.22. The van der Waals surface area contributed by atoms with Gasteiger partial charge in [0.25, 0.3) is 0 Å². The lowest BCUT2D eigenvalue weighted by molar-refractivity contribution is -0.143. The molecule has 1 saturated heterocycles. The number of rotatable bonds is 4. The number of amides is 1. The van der Waals surface area contributed by atoms with Crippen LogP contribution in [0, 0.1) is 5.92 Å². The van der Waals surface area contributed by atoms with Crippen molar-refractivity contribution in [2.24, 2.45) is 5.92 Å². The molecule has 1 aliphatic rings. The second kappa shape index (κ2) is 6.11. The van der Waals surface area contributed by atoms with Gasteiger partial charge in [-0.3, -0.25) is 9.59 Å². The highest BCUT2D eigenvalue weighted by molar-refractivity contribution is 5.88. The standard InChI is InChI=1S/C18H25NO3/c1-5-13-6-8-14(9-7-13)18(3,4)17(22)19-11-10-15(12(19)2)16(20)21/h6-9,12,15H,5,10-11H2,1-4H3,(H,20,21). The summed E-state index contributed by atoms with van der Waals surface area (Å²) in [6, 6.07) is 7.87. The third-order valence-electron chi connectivity index (χ3n) is 4.95. The second-order valence-electron chi connectivity index (χ2n) is 6.65. The Labute approximate surface area is 132 Å². The Morgan fingerprint density at radius 2 is 1.86 bits per heavy atom. The minimum absolute atomic E-state index is 0.00741. The number of likely N-dealkylation sites (tertiary alicyclic amines) is 1. The molecule has 22 heavy (non-hydrogen) atoms. The summed E-state index contributed by atoms with van der Waals surface area (Å²) in [7, 11) is 0. The molecule has 120 valence electrons. The van der Waals surface area contributed by atoms with Crippen LogP contribution in [-0.2, 0) is 21.4 Å². The first kappa shape index (κ1) is 16.5. The molecule has 1 aromatic carbocycles. The lowest BCUT2D eigenvalue weighted by Gasteiger charge is -2.33. The van der Waals surface area contributed by atoms with E-state index in [0.29, 0.717) is 13.0 Å². The van der Waals surface area contributed by atoms with E-state index < -0.39 is 17.3 Å². The molecule has 1 fully saturated rings. The fourth-order valence-corrected chi connectivity index (χ4v) is 3.20. The molecule has 2 rings (SSSR count). The van der Waals surface area contributed by atoms with Crippen LogP contribution in [0.4, 0.5) is 0 Å². The number of aryl methyl sites for hydroxylation is 1. The highest BCUT2D eigenvalue weighted by Crippen LogP contribution is 2.32. The van der Waals surface area contributed by atoms with Gasteiger partial charge in [-0.1, -0.05) is 31.2 Å². The van der Waals surface area contributed by atoms with E-state index in [9.17, 15) is 14.7 Å². The molecular formula is C18H25NO3. The summed E-state index contributed by atoms with van der Waals surface area (Å²) in [5.41, 5.74) is 1.57. The number of carbonyl (C=O) groups is 2. The normalized spacial score (nSPS) is 21.9. The van der Waals surface area contributed by atoms with Gasteiger partial charge in [-0.2, -0.15) is 0 Å². The van der Waals surface area contributed by atoms with Gasteiger partial charge in [0.15, 0.2) is 0 Å². The molecule has 0 aromatic heterocycles. The zero-order valence-electron chi connectivity index (χ0n) is 13.8. The molecule has 1 heterocycles. The maximum absolute atomic E-state index is 12.9. The van der Waals surface area contributed by atoms with Gasteiger partial charge in [0.2, 0.25) is 5.91 Å². The Kier molecular flexibility index (Phi) is 4.59. The molecule has 0 saturated carbocycles. The average molecular weight is 303 g/mol. The maximum atomic E-state index is 12.9. The summed E-state index contributed by atoms with van der Waals surface area (Å²) in [6.07, 6.45) is 1.51. The van der Waals surface area contributed by atoms with Gasteiger partial charge in [0, 0.05) is 12.6 Å². The van der Waals surface area contributed by atoms with Crippen molar-refractivity contribution < 1.29 is 14.7 Å². The molecule has 2 unspecified atom stereocenters. The molecule has 2 atom stereocenters. The topological polar surface area (TPSA) is 57.6 Å². The van der Waals surface area contributed by atoms with E-state index in [4.69, 9.17) is 0 Å². The number of carboxylic acids is 1. The highest BCUT2D eigenvalue weighted by Gasteiger charge is 2.43. The minimum Gasteiger partial charge on any atom is -0.481 e. The summed E-state index contributed by atoms with van der Waals surface area (Å²) in [6.45, 7) is 8.28. The lowest BCUT2D eigenvalue weighted by atomic mass is 9.82. The number of benzene rings is 1. The Bertz CT molecular complexity index is 562. The molecule has 4 nitrogen and oxygen atoms in total. The largest absolute Gasteiger partial charge is 0.481 e. The van der Waals surface area contributed by atoms with Crippen LogP contribution >= 0.6 is 0 Å². The van der Waals surface area contributed by atoms with E-state index in [1.54, 1.807) is 4.90 Å². The zero-order valence-corrected chi connectivity index (χ0v) is 13.8. The molecule has 0 spiro atoms. The zero-order chi connectivity index (χ0) is 16.5. The number of hydrogen-bond acceptors (Lipinski definition) is 2. The molecule has 0 bridgehead atoms. The van der Waals surface area contributed by atoms with Crippen LogP contribution in [0.3, 0.4) is 0 Å². The van der Waals surface area contributed by atoms with Crippen molar-refractivity contribution in [3.05, 3.63) is 35.4 Å². The van der Waals surface area contributed by atoms with E-state index in [1.165, 1.54) is 5.56 Å². The van der Waals surface area contributed by atoms with Gasteiger partial charge in [-0.05, 0) is 44.7 Å². The lowest BCUT2D eigenvalue weighted by Crippen LogP contribution is -2.46. The maximum Gasteiger partial charge on any atom is 0.308 e. The van der Waals surface area contributed by atoms with Crippen molar-refractivity contribution in [3.63, 3.8) is 0 Å². The van der Waals surface area contributed by atoms with Crippen LogP contribution in [-0.4, -0.2) is 34.5 Å². The summed E-state index contributed by atoms with van der Waals surface area (Å²) < 4.78 is 0. The molecule has 0 radical (unpaired) electrons. The number of aliphatic carboxylic acids is 1. The van der Waals surface area contributed by atoms with Crippen LogP contribution in [0.15, 0.2) is 24.3 Å². The Hall–Kier alpha value is -1.84. The Morgan fingerprint density at radius 1 is 1.27 bits per heavy atom. The Morgan fingerprint density at radius 3 is 2.32 bits per heavy atom. The number of hydrogen-bond donors (Lipinski definition) is 1. The van der Waals surface area contributed by atoms with Crippen molar-refractivity contribution >= 4 is 11.9 Å². The van der Waals surface area contributed by atoms with Gasteiger partial charge in [0.1, 0.15) is 0 Å². The van der Waals surface area contributed by atoms with E-state index >= 15 is 0 Å². The third-order valence-corrected chi connectivity index (χ3v) is 4.95. The average Bonchev–Trinajstić information content (AvgIpc) is 2.88. The van der Waals surface area contributed by atoms with Crippen molar-refractivity contribution in [1.82, 2.24) is 4.90 Å². The van der Waals surface area contributed by atoms with Crippen molar-refractivity contribution in [1.29, 1.82) is 0 Å². The first-order chi connectivity index (χ1) is 10.3. The highest BCUT2D eigenvalue weighted by atomic mass is 16.4. The Balaban J connectivity index is 2.21. The van der Waals surface area contributed by atoms with Crippen molar-refractivity contribution in [2.45, 2.75) is 52.0 Å². The van der Waals surface area contributed by atoms with Crippen LogP contribution in [0.25, 0.3) is 0 Å². The fraction of sp³-hybridized carbons (Fsp3) is 0.556. The molecule has 1 aliphatic heterocycles. The SMILES string of the molecule is CCc1ccc(C(C)(C)C(=O)N2CCC(C(=O)O)C2C)cc1. The minimum atomic E-state index is -0.812. The number of carbonyl (C=O) groups excluding carboxylic acids is 1. The van der Waals surface area contributed by atoms with Gasteiger partial charge >= 0.3 is 5.97 Å². The molecular weight excluding hydrogens is 278 g/mol. The van der Waals surface area contributed by atoms with Crippen LogP contribution in [0.1, 0.15) is 45.2 Å². The summed E-state index contributed by atoms with van der Waals surface area (Å²) >= 11 is 0. The van der Waals surface area contributed by atoms with E-state index in [2.05, 4.69) is 19.1 Å².